The molecule has 1 aromatic heterocycles. The molecule has 0 aliphatic carbocycles. The summed E-state index contributed by atoms with van der Waals surface area (Å²) >= 11 is 5.02. The van der Waals surface area contributed by atoms with Gasteiger partial charge in [0.25, 0.3) is 5.56 Å². The number of pyridine rings is 1. The maximum absolute atomic E-state index is 12.1. The van der Waals surface area contributed by atoms with E-state index in [-0.39, 0.29) is 5.56 Å². The second-order valence-electron chi connectivity index (χ2n) is 5.23. The van der Waals surface area contributed by atoms with Crippen molar-refractivity contribution in [1.82, 2.24) is 9.88 Å². The van der Waals surface area contributed by atoms with Crippen molar-refractivity contribution in [3.63, 3.8) is 0 Å². The van der Waals surface area contributed by atoms with E-state index in [0.717, 1.165) is 11.1 Å². The molecule has 1 aromatic carbocycles. The van der Waals surface area contributed by atoms with Gasteiger partial charge in [-0.2, -0.15) is 0 Å². The van der Waals surface area contributed by atoms with Crippen LogP contribution in [-0.4, -0.2) is 23.8 Å². The minimum atomic E-state index is -0.0968. The first-order valence-corrected chi connectivity index (χ1v) is 7.73. The Morgan fingerprint density at radius 1 is 1.21 bits per heavy atom. The molecule has 0 aliphatic rings. The molecule has 0 unspecified atom stereocenters. The van der Waals surface area contributed by atoms with Crippen molar-refractivity contribution in [2.75, 3.05) is 14.2 Å². The van der Waals surface area contributed by atoms with Crippen molar-refractivity contribution in [2.24, 2.45) is 0 Å². The molecule has 0 saturated carbocycles. The lowest BCUT2D eigenvalue weighted by Gasteiger charge is -2.13. The minimum Gasteiger partial charge on any atom is -0.493 e. The molecule has 0 spiro atoms. The van der Waals surface area contributed by atoms with Gasteiger partial charge in [-0.15, -0.1) is 0 Å². The van der Waals surface area contributed by atoms with Crippen molar-refractivity contribution in [3.8, 4) is 11.5 Å². The van der Waals surface area contributed by atoms with Gasteiger partial charge in [0.1, 0.15) is 0 Å². The molecule has 0 atom stereocenters. The molecule has 24 heavy (non-hydrogen) atoms. The van der Waals surface area contributed by atoms with Gasteiger partial charge < -0.3 is 19.4 Å². The number of ether oxygens (including phenoxy) is 2. The van der Waals surface area contributed by atoms with Crippen LogP contribution in [0.1, 0.15) is 18.1 Å². The van der Waals surface area contributed by atoms with Crippen LogP contribution < -0.4 is 20.3 Å². The summed E-state index contributed by atoms with van der Waals surface area (Å²) in [7, 11) is 3.17. The number of methoxy groups -OCH3 is 2. The Kier molecular flexibility index (Phi) is 5.76. The molecule has 2 aromatic rings. The van der Waals surface area contributed by atoms with Crippen LogP contribution >= 0.6 is 12.2 Å². The van der Waals surface area contributed by atoms with Crippen molar-refractivity contribution in [2.45, 2.75) is 13.5 Å². The average molecular weight is 344 g/mol. The first kappa shape index (κ1) is 17.7. The number of rotatable bonds is 6. The van der Waals surface area contributed by atoms with Crippen molar-refractivity contribution < 1.29 is 9.47 Å². The van der Waals surface area contributed by atoms with E-state index < -0.39 is 0 Å². The fourth-order valence-electron chi connectivity index (χ4n) is 2.29. The summed E-state index contributed by atoms with van der Waals surface area (Å²) in [6, 6.07) is 8.81. The first-order valence-electron chi connectivity index (χ1n) is 7.33. The Balaban J connectivity index is 2.31. The van der Waals surface area contributed by atoms with Gasteiger partial charge in [-0.1, -0.05) is 24.9 Å². The number of thiocarbonyl (C=S) groups is 1. The topological polar surface area (TPSA) is 52.5 Å². The quantitative estimate of drug-likeness (QED) is 0.817. The number of nitrogens with zero attached hydrogens (tertiary/aromatic N) is 1. The summed E-state index contributed by atoms with van der Waals surface area (Å²) in [5.74, 6) is 1.28. The Labute approximate surface area is 146 Å². The number of nitrogens with one attached hydrogen (secondary N) is 1. The molecule has 0 saturated heterocycles. The highest BCUT2D eigenvalue weighted by atomic mass is 32.1. The SMILES string of the molecule is C=C(NC(C)=S)c1ccc(=O)n(Cc2ccc(OC)c(OC)c2)c1. The molecular weight excluding hydrogens is 324 g/mol. The zero-order valence-electron chi connectivity index (χ0n) is 14.0. The lowest BCUT2D eigenvalue weighted by atomic mass is 10.1. The Morgan fingerprint density at radius 3 is 2.54 bits per heavy atom. The zero-order valence-corrected chi connectivity index (χ0v) is 14.8. The van der Waals surface area contributed by atoms with Crippen LogP contribution in [-0.2, 0) is 6.54 Å². The summed E-state index contributed by atoms with van der Waals surface area (Å²) < 4.78 is 12.1. The molecule has 0 aliphatic heterocycles. The monoisotopic (exact) mass is 344 g/mol. The van der Waals surface area contributed by atoms with E-state index in [1.165, 1.54) is 6.07 Å². The third-order valence-corrected chi connectivity index (χ3v) is 3.56. The van der Waals surface area contributed by atoms with Crippen LogP contribution in [0.15, 0.2) is 47.9 Å². The molecule has 1 N–H and O–H groups in total. The highest BCUT2D eigenvalue weighted by Gasteiger charge is 2.07. The summed E-state index contributed by atoms with van der Waals surface area (Å²) in [4.78, 5) is 12.8. The first-order chi connectivity index (χ1) is 11.4. The lowest BCUT2D eigenvalue weighted by Crippen LogP contribution is -2.22. The second-order valence-corrected chi connectivity index (χ2v) is 5.85. The molecule has 2 rings (SSSR count). The molecule has 1 heterocycles. The van der Waals surface area contributed by atoms with Gasteiger partial charge >= 0.3 is 0 Å². The summed E-state index contributed by atoms with van der Waals surface area (Å²) in [5.41, 5.74) is 2.29. The fraction of sp³-hybridized carbons (Fsp3) is 0.222. The predicted octanol–water partition coefficient (Wildman–Crippen LogP) is 2.82. The number of benzene rings is 1. The van der Waals surface area contributed by atoms with Gasteiger partial charge in [-0.05, 0) is 30.7 Å². The van der Waals surface area contributed by atoms with E-state index >= 15 is 0 Å². The molecule has 126 valence electrons. The molecule has 0 radical (unpaired) electrons. The maximum atomic E-state index is 12.1. The maximum Gasteiger partial charge on any atom is 0.250 e. The van der Waals surface area contributed by atoms with Crippen LogP contribution in [0.25, 0.3) is 5.70 Å². The highest BCUT2D eigenvalue weighted by molar-refractivity contribution is 7.80. The average Bonchev–Trinajstić information content (AvgIpc) is 2.56. The molecule has 0 bridgehead atoms. The molecule has 0 amide bonds. The van der Waals surface area contributed by atoms with Gasteiger partial charge in [0, 0.05) is 23.5 Å². The highest BCUT2D eigenvalue weighted by Crippen LogP contribution is 2.27. The van der Waals surface area contributed by atoms with Crippen molar-refractivity contribution in [3.05, 3.63) is 64.6 Å². The van der Waals surface area contributed by atoms with Crippen LogP contribution in [0.3, 0.4) is 0 Å². The van der Waals surface area contributed by atoms with Gasteiger partial charge in [0.15, 0.2) is 11.5 Å². The molecule has 6 heteroatoms. The zero-order chi connectivity index (χ0) is 17.7. The largest absolute Gasteiger partial charge is 0.493 e. The van der Waals surface area contributed by atoms with Crippen molar-refractivity contribution >= 4 is 22.9 Å². The fourth-order valence-corrected chi connectivity index (χ4v) is 2.42. The van der Waals surface area contributed by atoms with Gasteiger partial charge in [0.2, 0.25) is 0 Å². The summed E-state index contributed by atoms with van der Waals surface area (Å²) in [5, 5.41) is 2.99. The van der Waals surface area contributed by atoms with Gasteiger partial charge in [-0.3, -0.25) is 4.79 Å². The smallest absolute Gasteiger partial charge is 0.250 e. The van der Waals surface area contributed by atoms with E-state index in [4.69, 9.17) is 21.7 Å². The predicted molar refractivity (Wildman–Crippen MR) is 99.8 cm³/mol. The molecule has 5 nitrogen and oxygen atoms in total. The Hall–Kier alpha value is -2.60. The Morgan fingerprint density at radius 2 is 1.92 bits per heavy atom. The number of hydrogen-bond acceptors (Lipinski definition) is 4. The van der Waals surface area contributed by atoms with Crippen LogP contribution in [0.5, 0.6) is 11.5 Å². The van der Waals surface area contributed by atoms with E-state index in [9.17, 15) is 4.79 Å². The molecule has 0 fully saturated rings. The van der Waals surface area contributed by atoms with E-state index in [1.54, 1.807) is 38.0 Å². The Bertz CT molecular complexity index is 827. The van der Waals surface area contributed by atoms with E-state index in [2.05, 4.69) is 11.9 Å². The van der Waals surface area contributed by atoms with Crippen LogP contribution in [0.2, 0.25) is 0 Å². The number of hydrogen-bond donors (Lipinski definition) is 1. The van der Waals surface area contributed by atoms with Crippen LogP contribution in [0, 0.1) is 0 Å². The third kappa shape index (κ3) is 4.23. The van der Waals surface area contributed by atoms with Crippen LogP contribution in [0.4, 0.5) is 0 Å². The lowest BCUT2D eigenvalue weighted by molar-refractivity contribution is 0.354. The standard InChI is InChI=1S/C18H20N2O3S/c1-12(19-13(2)24)15-6-8-18(21)20(11-15)10-14-5-7-16(22-3)17(9-14)23-4/h5-9,11H,1,10H2,2-4H3,(H,19,24). The van der Waals surface area contributed by atoms with Gasteiger partial charge in [0.05, 0.1) is 25.8 Å². The minimum absolute atomic E-state index is 0.0968. The van der Waals surface area contributed by atoms with Gasteiger partial charge in [-0.25, -0.2) is 0 Å². The van der Waals surface area contributed by atoms with Crippen molar-refractivity contribution in [1.29, 1.82) is 0 Å². The second kappa shape index (κ2) is 7.79. The van der Waals surface area contributed by atoms with E-state index in [0.29, 0.717) is 28.7 Å². The number of aromatic nitrogens is 1. The summed E-state index contributed by atoms with van der Waals surface area (Å²) in [6.45, 7) is 6.13. The van der Waals surface area contributed by atoms with E-state index in [1.807, 2.05) is 18.2 Å². The third-order valence-electron chi connectivity index (χ3n) is 3.46. The summed E-state index contributed by atoms with van der Waals surface area (Å²) in [6.07, 6.45) is 1.76. The molecular formula is C18H20N2O3S. The normalized spacial score (nSPS) is 10.1.